The van der Waals surface area contributed by atoms with E-state index in [0.717, 1.165) is 38.3 Å². The van der Waals surface area contributed by atoms with Gasteiger partial charge in [-0.3, -0.25) is 4.90 Å². The zero-order valence-electron chi connectivity index (χ0n) is 10.8. The molecule has 0 aliphatic carbocycles. The predicted octanol–water partition coefficient (Wildman–Crippen LogP) is 1.51. The van der Waals surface area contributed by atoms with Gasteiger partial charge in [-0.2, -0.15) is 0 Å². The minimum Gasteiger partial charge on any atom is -0.475 e. The van der Waals surface area contributed by atoms with Crippen molar-refractivity contribution in [3.05, 3.63) is 23.7 Å². The Morgan fingerprint density at radius 3 is 2.61 bits per heavy atom. The molecule has 100 valence electrons. The molecule has 1 aliphatic heterocycles. The van der Waals surface area contributed by atoms with Gasteiger partial charge in [0.15, 0.2) is 0 Å². The van der Waals surface area contributed by atoms with Gasteiger partial charge < -0.3 is 14.4 Å². The molecular weight excluding hydrogens is 232 g/mol. The summed E-state index contributed by atoms with van der Waals surface area (Å²) in [6.45, 7) is 8.12. The van der Waals surface area contributed by atoms with Crippen molar-refractivity contribution in [1.29, 1.82) is 0 Å². The summed E-state index contributed by atoms with van der Waals surface area (Å²) in [5, 5.41) is 8.98. The summed E-state index contributed by atoms with van der Waals surface area (Å²) in [7, 11) is 0. The number of piperazine rings is 1. The molecule has 1 aliphatic rings. The van der Waals surface area contributed by atoms with Gasteiger partial charge in [-0.25, -0.2) is 4.79 Å². The van der Waals surface area contributed by atoms with Crippen LogP contribution in [0.1, 0.15) is 29.5 Å². The highest BCUT2D eigenvalue weighted by Crippen LogP contribution is 2.14. The first kappa shape index (κ1) is 13.1. The molecule has 0 amide bonds. The molecular formula is C13H20N2O3. The average molecular weight is 252 g/mol. The van der Waals surface area contributed by atoms with Crippen LogP contribution in [0.5, 0.6) is 0 Å². The number of nitrogens with zero attached hydrogens (tertiary/aromatic N) is 2. The Bertz CT molecular complexity index is 395. The highest BCUT2D eigenvalue weighted by molar-refractivity contribution is 5.86. The number of aromatic carboxylic acids is 1. The van der Waals surface area contributed by atoms with Gasteiger partial charge in [0.25, 0.3) is 0 Å². The number of hydrogen-bond donors (Lipinski definition) is 1. The van der Waals surface area contributed by atoms with Crippen molar-refractivity contribution >= 4 is 5.97 Å². The molecule has 0 atom stereocenters. The predicted molar refractivity (Wildman–Crippen MR) is 67.7 cm³/mol. The molecule has 0 spiro atoms. The summed E-state index contributed by atoms with van der Waals surface area (Å²) in [6.07, 6.45) is 2.64. The zero-order chi connectivity index (χ0) is 13.0. The first-order valence-electron chi connectivity index (χ1n) is 6.45. The van der Waals surface area contributed by atoms with Crippen molar-refractivity contribution < 1.29 is 14.3 Å². The Labute approximate surface area is 107 Å². The number of hydrogen-bond acceptors (Lipinski definition) is 4. The first-order chi connectivity index (χ1) is 8.70. The lowest BCUT2D eigenvalue weighted by molar-refractivity contribution is 0.0657. The van der Waals surface area contributed by atoms with Gasteiger partial charge in [0.1, 0.15) is 0 Å². The third-order valence-corrected chi connectivity index (χ3v) is 3.34. The van der Waals surface area contributed by atoms with E-state index >= 15 is 0 Å². The van der Waals surface area contributed by atoms with E-state index in [2.05, 4.69) is 16.7 Å². The lowest BCUT2D eigenvalue weighted by atomic mass is 10.2. The van der Waals surface area contributed by atoms with Crippen LogP contribution in [0, 0.1) is 0 Å². The quantitative estimate of drug-likeness (QED) is 0.860. The molecule has 0 bridgehead atoms. The summed E-state index contributed by atoms with van der Waals surface area (Å²) in [5.74, 6) is -0.911. The summed E-state index contributed by atoms with van der Waals surface area (Å²) >= 11 is 0. The van der Waals surface area contributed by atoms with Crippen molar-refractivity contribution in [1.82, 2.24) is 9.80 Å². The van der Waals surface area contributed by atoms with Crippen molar-refractivity contribution in [2.75, 3.05) is 32.7 Å². The Balaban J connectivity index is 1.88. The largest absolute Gasteiger partial charge is 0.475 e. The molecule has 0 saturated carbocycles. The maximum Gasteiger partial charge on any atom is 0.372 e. The molecule has 2 rings (SSSR count). The highest BCUT2D eigenvalue weighted by atomic mass is 16.4. The second kappa shape index (κ2) is 6.02. The SMILES string of the molecule is CCCN1CCN(Cc2ccoc2C(=O)O)CC1. The summed E-state index contributed by atoms with van der Waals surface area (Å²) < 4.78 is 4.99. The topological polar surface area (TPSA) is 56.9 Å². The lowest BCUT2D eigenvalue weighted by Gasteiger charge is -2.34. The Kier molecular flexibility index (Phi) is 4.38. The van der Waals surface area contributed by atoms with Crippen molar-refractivity contribution in [2.24, 2.45) is 0 Å². The molecule has 5 heteroatoms. The van der Waals surface area contributed by atoms with E-state index in [0.29, 0.717) is 6.54 Å². The molecule has 0 radical (unpaired) electrons. The summed E-state index contributed by atoms with van der Waals surface area (Å²) in [4.78, 5) is 15.7. The second-order valence-electron chi connectivity index (χ2n) is 4.70. The molecule has 1 aromatic rings. The molecule has 1 aromatic heterocycles. The fourth-order valence-electron chi connectivity index (χ4n) is 2.38. The lowest BCUT2D eigenvalue weighted by Crippen LogP contribution is -2.46. The van der Waals surface area contributed by atoms with Crippen LogP contribution < -0.4 is 0 Å². The van der Waals surface area contributed by atoms with Crippen molar-refractivity contribution in [3.63, 3.8) is 0 Å². The Hall–Kier alpha value is -1.33. The van der Waals surface area contributed by atoms with E-state index in [1.54, 1.807) is 6.07 Å². The minimum absolute atomic E-state index is 0.0750. The van der Waals surface area contributed by atoms with Gasteiger partial charge in [0.2, 0.25) is 5.76 Å². The standard InChI is InChI=1S/C13H20N2O3/c1-2-4-14-5-7-15(8-6-14)10-11-3-9-18-12(11)13(16)17/h3,9H,2,4-8,10H2,1H3,(H,16,17). The number of carboxylic acid groups (broad SMARTS) is 1. The van der Waals surface area contributed by atoms with Gasteiger partial charge in [-0.1, -0.05) is 6.92 Å². The third kappa shape index (κ3) is 3.11. The van der Waals surface area contributed by atoms with E-state index in [1.165, 1.54) is 12.7 Å². The fourth-order valence-corrected chi connectivity index (χ4v) is 2.38. The van der Waals surface area contributed by atoms with Crippen LogP contribution in [-0.2, 0) is 6.54 Å². The smallest absolute Gasteiger partial charge is 0.372 e. The number of carbonyl (C=O) groups is 1. The van der Waals surface area contributed by atoms with E-state index in [-0.39, 0.29) is 5.76 Å². The number of furan rings is 1. The number of carboxylic acids is 1. The maximum atomic E-state index is 10.9. The molecule has 1 fully saturated rings. The van der Waals surface area contributed by atoms with Gasteiger partial charge >= 0.3 is 5.97 Å². The van der Waals surface area contributed by atoms with Crippen LogP contribution in [0.15, 0.2) is 16.7 Å². The molecule has 1 saturated heterocycles. The molecule has 18 heavy (non-hydrogen) atoms. The average Bonchev–Trinajstić information content (AvgIpc) is 2.80. The third-order valence-electron chi connectivity index (χ3n) is 3.34. The van der Waals surface area contributed by atoms with E-state index in [1.807, 2.05) is 0 Å². The molecule has 5 nitrogen and oxygen atoms in total. The van der Waals surface area contributed by atoms with Crippen molar-refractivity contribution in [2.45, 2.75) is 19.9 Å². The highest BCUT2D eigenvalue weighted by Gasteiger charge is 2.20. The van der Waals surface area contributed by atoms with Crippen LogP contribution in [0.3, 0.4) is 0 Å². The summed E-state index contributed by atoms with van der Waals surface area (Å²) in [5.41, 5.74) is 0.770. The van der Waals surface area contributed by atoms with Gasteiger partial charge in [-0.05, 0) is 19.0 Å². The van der Waals surface area contributed by atoms with Gasteiger partial charge in [0, 0.05) is 38.3 Å². The van der Waals surface area contributed by atoms with Gasteiger partial charge in [-0.15, -0.1) is 0 Å². The zero-order valence-corrected chi connectivity index (χ0v) is 10.8. The molecule has 0 aromatic carbocycles. The first-order valence-corrected chi connectivity index (χ1v) is 6.45. The normalized spacial score (nSPS) is 18.1. The Morgan fingerprint density at radius 1 is 1.33 bits per heavy atom. The molecule has 0 unspecified atom stereocenters. The van der Waals surface area contributed by atoms with E-state index in [9.17, 15) is 4.79 Å². The van der Waals surface area contributed by atoms with Gasteiger partial charge in [0.05, 0.1) is 6.26 Å². The van der Waals surface area contributed by atoms with Crippen LogP contribution in [-0.4, -0.2) is 53.6 Å². The monoisotopic (exact) mass is 252 g/mol. The Morgan fingerprint density at radius 2 is 2.00 bits per heavy atom. The second-order valence-corrected chi connectivity index (χ2v) is 4.70. The molecule has 2 heterocycles. The van der Waals surface area contributed by atoms with Crippen molar-refractivity contribution in [3.8, 4) is 0 Å². The van der Waals surface area contributed by atoms with Crippen LogP contribution in [0.2, 0.25) is 0 Å². The van der Waals surface area contributed by atoms with E-state index < -0.39 is 5.97 Å². The summed E-state index contributed by atoms with van der Waals surface area (Å²) in [6, 6.07) is 1.75. The van der Waals surface area contributed by atoms with Crippen LogP contribution in [0.25, 0.3) is 0 Å². The maximum absolute atomic E-state index is 10.9. The van der Waals surface area contributed by atoms with Crippen LogP contribution in [0.4, 0.5) is 0 Å². The molecule has 1 N–H and O–H groups in total. The number of rotatable bonds is 5. The fraction of sp³-hybridized carbons (Fsp3) is 0.615. The van der Waals surface area contributed by atoms with E-state index in [4.69, 9.17) is 9.52 Å². The van der Waals surface area contributed by atoms with Crippen LogP contribution >= 0.6 is 0 Å². The minimum atomic E-state index is -0.986.